The number of halogens is 1. The van der Waals surface area contributed by atoms with E-state index in [4.69, 9.17) is 0 Å². The Morgan fingerprint density at radius 3 is 2.68 bits per heavy atom. The monoisotopic (exact) mass is 332 g/mol. The number of allylic oxidation sites excluding steroid dienone is 1. The van der Waals surface area contributed by atoms with Crippen molar-refractivity contribution < 1.29 is 4.39 Å². The predicted octanol–water partition coefficient (Wildman–Crippen LogP) is 3.37. The quantitative estimate of drug-likeness (QED) is 0.593. The van der Waals surface area contributed by atoms with Crippen LogP contribution in [0.2, 0.25) is 0 Å². The Balaban J connectivity index is 1.65. The summed E-state index contributed by atoms with van der Waals surface area (Å²) in [7, 11) is 0. The fourth-order valence-corrected chi connectivity index (χ4v) is 2.69. The van der Waals surface area contributed by atoms with Gasteiger partial charge in [-0.2, -0.15) is 9.65 Å². The zero-order chi connectivity index (χ0) is 17.6. The molecule has 0 spiro atoms. The highest BCUT2D eigenvalue weighted by Gasteiger charge is 2.18. The van der Waals surface area contributed by atoms with Gasteiger partial charge in [-0.1, -0.05) is 17.4 Å². The summed E-state index contributed by atoms with van der Waals surface area (Å²) < 4.78 is 12.8. The van der Waals surface area contributed by atoms with E-state index in [1.54, 1.807) is 6.07 Å². The van der Waals surface area contributed by atoms with Crippen LogP contribution in [0.3, 0.4) is 0 Å². The van der Waals surface area contributed by atoms with Crippen LogP contribution in [0.4, 0.5) is 10.2 Å². The van der Waals surface area contributed by atoms with E-state index < -0.39 is 5.95 Å². The summed E-state index contributed by atoms with van der Waals surface area (Å²) in [5.41, 5.74) is 3.49. The maximum absolute atomic E-state index is 12.8. The molecule has 0 unspecified atom stereocenters. The number of hydrogen-bond acceptors (Lipinski definition) is 4. The summed E-state index contributed by atoms with van der Waals surface area (Å²) in [6, 6.07) is 8.81. The molecule has 2 aromatic rings. The van der Waals surface area contributed by atoms with Crippen molar-refractivity contribution in [3.05, 3.63) is 64.9 Å². The van der Waals surface area contributed by atoms with Crippen LogP contribution >= 0.6 is 0 Å². The van der Waals surface area contributed by atoms with Crippen molar-refractivity contribution in [3.8, 4) is 17.9 Å². The molecule has 0 saturated carbocycles. The second-order valence-corrected chi connectivity index (χ2v) is 5.86. The van der Waals surface area contributed by atoms with Gasteiger partial charge in [-0.25, -0.2) is 9.97 Å². The number of anilines is 1. The van der Waals surface area contributed by atoms with Crippen LogP contribution in [-0.4, -0.2) is 23.1 Å². The van der Waals surface area contributed by atoms with E-state index in [9.17, 15) is 9.65 Å². The Hall–Kier alpha value is -3.18. The van der Waals surface area contributed by atoms with Crippen molar-refractivity contribution in [3.63, 3.8) is 0 Å². The van der Waals surface area contributed by atoms with Crippen LogP contribution in [0.5, 0.6) is 0 Å². The molecule has 0 aromatic carbocycles. The number of hydrogen-bond donors (Lipinski definition) is 0. The summed E-state index contributed by atoms with van der Waals surface area (Å²) >= 11 is 0. The Morgan fingerprint density at radius 1 is 1.20 bits per heavy atom. The first kappa shape index (κ1) is 16.7. The van der Waals surface area contributed by atoms with Gasteiger partial charge in [0.1, 0.15) is 11.9 Å². The third-order valence-electron chi connectivity index (χ3n) is 4.06. The lowest BCUT2D eigenvalue weighted by atomic mass is 10.0. The maximum atomic E-state index is 12.8. The first-order valence-corrected chi connectivity index (χ1v) is 8.09. The van der Waals surface area contributed by atoms with Crippen molar-refractivity contribution in [2.45, 2.75) is 19.8 Å². The zero-order valence-corrected chi connectivity index (χ0v) is 14.0. The molecule has 1 saturated heterocycles. The summed E-state index contributed by atoms with van der Waals surface area (Å²) in [4.78, 5) is 10.3. The topological polar surface area (TPSA) is 52.8 Å². The molecule has 1 fully saturated rings. The molecule has 5 heteroatoms. The molecule has 1 aliphatic heterocycles. The van der Waals surface area contributed by atoms with Crippen LogP contribution in [-0.2, 0) is 0 Å². The Kier molecular flexibility index (Phi) is 5.06. The number of rotatable bonds is 1. The molecule has 0 atom stereocenters. The first-order valence-electron chi connectivity index (χ1n) is 8.09. The highest BCUT2D eigenvalue weighted by atomic mass is 19.1. The first-order chi connectivity index (χ1) is 12.2. The molecule has 4 nitrogen and oxygen atoms in total. The van der Waals surface area contributed by atoms with E-state index in [1.165, 1.54) is 17.8 Å². The molecular formula is C20H17FN4. The number of aryl methyl sites for hydroxylation is 1. The molecule has 0 bridgehead atoms. The van der Waals surface area contributed by atoms with E-state index in [1.807, 2.05) is 25.1 Å². The molecule has 0 amide bonds. The van der Waals surface area contributed by atoms with Gasteiger partial charge in [0.25, 0.3) is 0 Å². The van der Waals surface area contributed by atoms with Gasteiger partial charge in [-0.05, 0) is 50.1 Å². The predicted molar refractivity (Wildman–Crippen MR) is 94.3 cm³/mol. The zero-order valence-electron chi connectivity index (χ0n) is 14.0. The van der Waals surface area contributed by atoms with Gasteiger partial charge < -0.3 is 4.90 Å². The molecular weight excluding hydrogens is 315 g/mol. The molecule has 0 aliphatic carbocycles. The van der Waals surface area contributed by atoms with Gasteiger partial charge in [0.05, 0.1) is 5.56 Å². The van der Waals surface area contributed by atoms with Gasteiger partial charge in [0, 0.05) is 30.5 Å². The van der Waals surface area contributed by atoms with Crippen LogP contribution < -0.4 is 4.90 Å². The second-order valence-electron chi connectivity index (χ2n) is 5.86. The number of aromatic nitrogens is 2. The third-order valence-corrected chi connectivity index (χ3v) is 4.06. The SMILES string of the molecule is Cc1ccc(C#N)c(N2CCC(=CC#Cc3ccc(F)nc3)CC2)n1. The third kappa shape index (κ3) is 4.22. The largest absolute Gasteiger partial charge is 0.355 e. The van der Waals surface area contributed by atoms with Crippen molar-refractivity contribution >= 4 is 5.82 Å². The van der Waals surface area contributed by atoms with E-state index in [2.05, 4.69) is 32.8 Å². The van der Waals surface area contributed by atoms with Crippen LogP contribution in [0.15, 0.2) is 42.1 Å². The minimum atomic E-state index is -0.502. The lowest BCUT2D eigenvalue weighted by Gasteiger charge is -2.30. The summed E-state index contributed by atoms with van der Waals surface area (Å²) in [6.07, 6.45) is 5.12. The van der Waals surface area contributed by atoms with Gasteiger partial charge in [-0.3, -0.25) is 0 Å². The van der Waals surface area contributed by atoms with E-state index >= 15 is 0 Å². The Labute approximate surface area is 146 Å². The normalized spacial score (nSPS) is 13.6. The number of pyridine rings is 2. The highest BCUT2D eigenvalue weighted by Crippen LogP contribution is 2.24. The molecule has 1 aliphatic rings. The van der Waals surface area contributed by atoms with E-state index in [-0.39, 0.29) is 0 Å². The van der Waals surface area contributed by atoms with Gasteiger partial charge in [0.15, 0.2) is 0 Å². The molecule has 0 radical (unpaired) electrons. The fraction of sp³-hybridized carbons (Fsp3) is 0.250. The fourth-order valence-electron chi connectivity index (χ4n) is 2.69. The van der Waals surface area contributed by atoms with Gasteiger partial charge in [-0.15, -0.1) is 0 Å². The average molecular weight is 332 g/mol. The summed E-state index contributed by atoms with van der Waals surface area (Å²) in [6.45, 7) is 3.56. The molecule has 25 heavy (non-hydrogen) atoms. The highest BCUT2D eigenvalue weighted by molar-refractivity contribution is 5.55. The number of nitrogens with zero attached hydrogens (tertiary/aromatic N) is 4. The van der Waals surface area contributed by atoms with Crippen LogP contribution in [0.1, 0.15) is 29.7 Å². The van der Waals surface area contributed by atoms with Crippen molar-refractivity contribution in [1.29, 1.82) is 5.26 Å². The molecule has 3 rings (SSSR count). The second kappa shape index (κ2) is 7.59. The van der Waals surface area contributed by atoms with Crippen molar-refractivity contribution in [2.24, 2.45) is 0 Å². The van der Waals surface area contributed by atoms with E-state index in [0.29, 0.717) is 11.1 Å². The maximum Gasteiger partial charge on any atom is 0.212 e. The average Bonchev–Trinajstić information content (AvgIpc) is 2.64. The van der Waals surface area contributed by atoms with E-state index in [0.717, 1.165) is 37.4 Å². The molecule has 3 heterocycles. The Bertz CT molecular complexity index is 888. The molecule has 124 valence electrons. The standard InChI is InChI=1S/C20H17FN4/c1-15-5-7-18(13-22)20(24-15)25-11-9-16(10-12-25)3-2-4-17-6-8-19(21)23-14-17/h3,5-8,14H,9-12H2,1H3. The van der Waals surface area contributed by atoms with Crippen LogP contribution in [0.25, 0.3) is 0 Å². The van der Waals surface area contributed by atoms with Gasteiger partial charge in [0.2, 0.25) is 5.95 Å². The summed E-state index contributed by atoms with van der Waals surface area (Å²) in [5.74, 6) is 6.25. The minimum Gasteiger partial charge on any atom is -0.355 e. The van der Waals surface area contributed by atoms with Crippen LogP contribution in [0, 0.1) is 36.0 Å². The van der Waals surface area contributed by atoms with Crippen molar-refractivity contribution in [1.82, 2.24) is 9.97 Å². The number of piperidine rings is 1. The van der Waals surface area contributed by atoms with Crippen molar-refractivity contribution in [2.75, 3.05) is 18.0 Å². The number of nitriles is 1. The lowest BCUT2D eigenvalue weighted by Crippen LogP contribution is -2.32. The summed E-state index contributed by atoms with van der Waals surface area (Å²) in [5, 5.41) is 9.26. The molecule has 2 aromatic heterocycles. The smallest absolute Gasteiger partial charge is 0.212 e. The Morgan fingerprint density at radius 2 is 2.00 bits per heavy atom. The lowest BCUT2D eigenvalue weighted by molar-refractivity contribution is 0.583. The minimum absolute atomic E-state index is 0.502. The molecule has 0 N–H and O–H groups in total. The van der Waals surface area contributed by atoms with Gasteiger partial charge >= 0.3 is 0 Å².